The number of pyridine rings is 1. The van der Waals surface area contributed by atoms with E-state index in [1.165, 1.54) is 12.1 Å². The summed E-state index contributed by atoms with van der Waals surface area (Å²) < 4.78 is 18.9. The highest BCUT2D eigenvalue weighted by Crippen LogP contribution is 2.21. The number of hydrogen-bond donors (Lipinski definition) is 1. The van der Waals surface area contributed by atoms with Gasteiger partial charge in [-0.15, -0.1) is 0 Å². The van der Waals surface area contributed by atoms with Crippen LogP contribution in [-0.4, -0.2) is 22.4 Å². The van der Waals surface area contributed by atoms with Crippen LogP contribution in [0.1, 0.15) is 39.5 Å². The average Bonchev–Trinajstić information content (AvgIpc) is 2.81. The van der Waals surface area contributed by atoms with Crippen molar-refractivity contribution in [2.75, 3.05) is 6.61 Å². The van der Waals surface area contributed by atoms with Gasteiger partial charge in [-0.25, -0.2) is 4.39 Å². The van der Waals surface area contributed by atoms with Crippen LogP contribution in [0.5, 0.6) is 5.75 Å². The Balaban J connectivity index is 1.70. The molecule has 0 fully saturated rings. The molecule has 3 aromatic carbocycles. The van der Waals surface area contributed by atoms with Gasteiger partial charge in [-0.05, 0) is 86.0 Å². The Bertz CT molecular complexity index is 1380. The summed E-state index contributed by atoms with van der Waals surface area (Å²) in [4.78, 5) is 30.9. The summed E-state index contributed by atoms with van der Waals surface area (Å²) in [5.41, 5.74) is 4.39. The fourth-order valence-corrected chi connectivity index (χ4v) is 4.09. The molecule has 1 amide bonds. The van der Waals surface area contributed by atoms with Crippen LogP contribution in [0.25, 0.3) is 10.9 Å². The number of amides is 1. The number of aryl methyl sites for hydroxylation is 2. The molecule has 1 N–H and O–H groups in total. The predicted molar refractivity (Wildman–Crippen MR) is 132 cm³/mol. The first-order valence-electron chi connectivity index (χ1n) is 11.2. The normalized spacial score (nSPS) is 10.9. The summed E-state index contributed by atoms with van der Waals surface area (Å²) in [5, 5.41) is 0.940. The van der Waals surface area contributed by atoms with Crippen molar-refractivity contribution in [2.24, 2.45) is 0 Å². The number of halogens is 1. The maximum Gasteiger partial charge on any atom is 0.254 e. The van der Waals surface area contributed by atoms with Crippen molar-refractivity contribution >= 4 is 16.8 Å². The summed E-state index contributed by atoms with van der Waals surface area (Å²) in [5.74, 6) is 0.109. The van der Waals surface area contributed by atoms with Crippen LogP contribution in [0.15, 0.2) is 71.5 Å². The van der Waals surface area contributed by atoms with Crippen LogP contribution in [0.3, 0.4) is 0 Å². The number of rotatable bonds is 7. The molecule has 0 saturated carbocycles. The molecule has 34 heavy (non-hydrogen) atoms. The van der Waals surface area contributed by atoms with Crippen LogP contribution < -0.4 is 10.3 Å². The van der Waals surface area contributed by atoms with E-state index in [1.54, 1.807) is 41.3 Å². The third kappa shape index (κ3) is 5.17. The van der Waals surface area contributed by atoms with Crippen molar-refractivity contribution in [3.05, 3.63) is 111 Å². The monoisotopic (exact) mass is 458 g/mol. The van der Waals surface area contributed by atoms with Crippen LogP contribution >= 0.6 is 0 Å². The second kappa shape index (κ2) is 9.91. The number of nitrogens with one attached hydrogen (secondary N) is 1. The van der Waals surface area contributed by atoms with Crippen LogP contribution in [0.4, 0.5) is 4.39 Å². The molecule has 0 aliphatic heterocycles. The fourth-order valence-electron chi connectivity index (χ4n) is 4.09. The van der Waals surface area contributed by atoms with Crippen LogP contribution in [0.2, 0.25) is 0 Å². The predicted octanol–water partition coefficient (Wildman–Crippen LogP) is 5.53. The van der Waals surface area contributed by atoms with Gasteiger partial charge in [0.1, 0.15) is 11.6 Å². The van der Waals surface area contributed by atoms with Gasteiger partial charge in [0.25, 0.3) is 11.5 Å². The molecule has 174 valence electrons. The number of nitrogens with zero attached hydrogens (tertiary/aromatic N) is 1. The number of aromatic amines is 1. The highest BCUT2D eigenvalue weighted by atomic mass is 19.1. The Kier molecular flexibility index (Phi) is 6.77. The highest BCUT2D eigenvalue weighted by molar-refractivity contribution is 5.94. The van der Waals surface area contributed by atoms with Crippen molar-refractivity contribution in [1.29, 1.82) is 0 Å². The average molecular weight is 459 g/mol. The molecule has 0 aliphatic carbocycles. The third-order valence-electron chi connectivity index (χ3n) is 5.74. The Morgan fingerprint density at radius 3 is 2.35 bits per heavy atom. The van der Waals surface area contributed by atoms with E-state index >= 15 is 0 Å². The van der Waals surface area contributed by atoms with E-state index in [1.807, 2.05) is 32.9 Å². The van der Waals surface area contributed by atoms with Crippen LogP contribution in [0, 0.1) is 19.7 Å². The Labute approximate surface area is 197 Å². The molecule has 0 radical (unpaired) electrons. The maximum atomic E-state index is 13.5. The lowest BCUT2D eigenvalue weighted by Crippen LogP contribution is -2.32. The topological polar surface area (TPSA) is 62.4 Å². The molecule has 0 aliphatic rings. The lowest BCUT2D eigenvalue weighted by molar-refractivity contribution is 0.0729. The van der Waals surface area contributed by atoms with Gasteiger partial charge >= 0.3 is 0 Å². The van der Waals surface area contributed by atoms with Gasteiger partial charge < -0.3 is 14.6 Å². The summed E-state index contributed by atoms with van der Waals surface area (Å²) in [6, 6.07) is 18.8. The van der Waals surface area contributed by atoms with Gasteiger partial charge in [-0.2, -0.15) is 0 Å². The van der Waals surface area contributed by atoms with Crippen molar-refractivity contribution in [1.82, 2.24) is 9.88 Å². The fraction of sp³-hybridized carbons (Fsp3) is 0.214. The van der Waals surface area contributed by atoms with Gasteiger partial charge in [-0.3, -0.25) is 9.59 Å². The van der Waals surface area contributed by atoms with Crippen molar-refractivity contribution in [3.63, 3.8) is 0 Å². The zero-order valence-electron chi connectivity index (χ0n) is 19.5. The van der Waals surface area contributed by atoms with Gasteiger partial charge in [0.05, 0.1) is 13.2 Å². The van der Waals surface area contributed by atoms with Crippen LogP contribution in [-0.2, 0) is 13.1 Å². The Morgan fingerprint density at radius 1 is 0.971 bits per heavy atom. The van der Waals surface area contributed by atoms with E-state index in [0.717, 1.165) is 27.6 Å². The molecule has 5 nitrogen and oxygen atoms in total. The van der Waals surface area contributed by atoms with E-state index < -0.39 is 0 Å². The second-order valence-corrected chi connectivity index (χ2v) is 8.41. The van der Waals surface area contributed by atoms with E-state index in [9.17, 15) is 14.0 Å². The summed E-state index contributed by atoms with van der Waals surface area (Å²) in [6.45, 7) is 6.76. The minimum atomic E-state index is -0.343. The standard InChI is InChI=1S/C28H27FN2O3/c1-4-34-24-11-7-21(8-12-24)28(33)31(16-20-5-9-23(29)10-6-20)17-22-15-25-19(3)13-18(2)14-26(25)30-27(22)32/h5-15H,4,16-17H2,1-3H3,(H,30,32). The van der Waals surface area contributed by atoms with E-state index in [0.29, 0.717) is 23.5 Å². The number of aromatic nitrogens is 1. The Morgan fingerprint density at radius 2 is 1.68 bits per heavy atom. The maximum absolute atomic E-state index is 13.5. The zero-order valence-corrected chi connectivity index (χ0v) is 19.5. The largest absolute Gasteiger partial charge is 0.494 e. The van der Waals surface area contributed by atoms with Crippen molar-refractivity contribution in [3.8, 4) is 5.75 Å². The molecule has 4 aromatic rings. The van der Waals surface area contributed by atoms with Gasteiger partial charge in [0, 0.05) is 28.6 Å². The molecule has 1 aromatic heterocycles. The number of carbonyl (C=O) groups excluding carboxylic acids is 1. The van der Waals surface area contributed by atoms with E-state index in [2.05, 4.69) is 11.1 Å². The Hall–Kier alpha value is -3.93. The summed E-state index contributed by atoms with van der Waals surface area (Å²) >= 11 is 0. The van der Waals surface area contributed by atoms with Gasteiger partial charge in [0.2, 0.25) is 0 Å². The molecule has 0 unspecified atom stereocenters. The number of fused-ring (bicyclic) bond motifs is 1. The number of hydrogen-bond acceptors (Lipinski definition) is 3. The van der Waals surface area contributed by atoms with Crippen molar-refractivity contribution in [2.45, 2.75) is 33.9 Å². The first kappa shape index (κ1) is 23.2. The first-order valence-corrected chi connectivity index (χ1v) is 11.2. The lowest BCUT2D eigenvalue weighted by atomic mass is 10.0. The lowest BCUT2D eigenvalue weighted by Gasteiger charge is -2.23. The number of carbonyl (C=O) groups is 1. The highest BCUT2D eigenvalue weighted by Gasteiger charge is 2.19. The van der Waals surface area contributed by atoms with Gasteiger partial charge in [0.15, 0.2) is 0 Å². The number of H-pyrrole nitrogens is 1. The summed E-state index contributed by atoms with van der Waals surface area (Å²) in [6.07, 6.45) is 0. The minimum Gasteiger partial charge on any atom is -0.494 e. The first-order chi connectivity index (χ1) is 16.3. The molecule has 0 atom stereocenters. The minimum absolute atomic E-state index is 0.113. The van der Waals surface area contributed by atoms with E-state index in [-0.39, 0.29) is 30.4 Å². The molecule has 1 heterocycles. The molecular weight excluding hydrogens is 431 g/mol. The van der Waals surface area contributed by atoms with Gasteiger partial charge in [-0.1, -0.05) is 18.2 Å². The molecule has 6 heteroatoms. The summed E-state index contributed by atoms with van der Waals surface area (Å²) in [7, 11) is 0. The van der Waals surface area contributed by atoms with E-state index in [4.69, 9.17) is 4.74 Å². The molecule has 0 bridgehead atoms. The quantitative estimate of drug-likeness (QED) is 0.396. The molecule has 0 spiro atoms. The molecule has 4 rings (SSSR count). The SMILES string of the molecule is CCOc1ccc(C(=O)N(Cc2ccc(F)cc2)Cc2cc3c(C)cc(C)cc3[nH]c2=O)cc1. The smallest absolute Gasteiger partial charge is 0.254 e. The van der Waals surface area contributed by atoms with Crippen molar-refractivity contribution < 1.29 is 13.9 Å². The zero-order chi connectivity index (χ0) is 24.2. The number of ether oxygens (including phenoxy) is 1. The molecule has 0 saturated heterocycles. The number of benzene rings is 3. The molecular formula is C28H27FN2O3. The second-order valence-electron chi connectivity index (χ2n) is 8.41. The third-order valence-corrected chi connectivity index (χ3v) is 5.74.